The van der Waals surface area contributed by atoms with Gasteiger partial charge >= 0.3 is 0 Å². The highest BCUT2D eigenvalue weighted by Crippen LogP contribution is 2.13. The predicted octanol–water partition coefficient (Wildman–Crippen LogP) is 5.79. The van der Waals surface area contributed by atoms with Crippen molar-refractivity contribution < 1.29 is 13.0 Å². The maximum absolute atomic E-state index is 10.4. The maximum Gasteiger partial charge on any atom is 0.0945 e. The summed E-state index contributed by atoms with van der Waals surface area (Å²) in [5.74, 6) is -0.189. The molecule has 0 aliphatic heterocycles. The molecule has 0 aromatic rings. The minimum Gasteiger partial charge on any atom is -0.748 e. The fraction of sp³-hybridized carbons (Fsp3) is 1.00. The Morgan fingerprint density at radius 3 is 1.09 bits per heavy atom. The second-order valence-corrected chi connectivity index (χ2v) is 8.09. The van der Waals surface area contributed by atoms with Crippen LogP contribution in [0.5, 0.6) is 0 Å². The van der Waals surface area contributed by atoms with Crippen molar-refractivity contribution in [3.8, 4) is 0 Å². The van der Waals surface area contributed by atoms with E-state index < -0.39 is 10.1 Å². The molecule has 4 heteroatoms. The summed E-state index contributed by atoms with van der Waals surface area (Å²) in [4.78, 5) is 0. The van der Waals surface area contributed by atoms with Crippen molar-refractivity contribution in [1.29, 1.82) is 0 Å². The van der Waals surface area contributed by atoms with Crippen molar-refractivity contribution in [1.82, 2.24) is 0 Å². The van der Waals surface area contributed by atoms with Gasteiger partial charge in [-0.15, -0.1) is 0 Å². The number of hydrogen-bond acceptors (Lipinski definition) is 3. The molecule has 0 unspecified atom stereocenters. The molecule has 0 aliphatic carbocycles. The third-order valence-corrected chi connectivity index (χ3v) is 5.04. The monoisotopic (exact) mass is 333 g/mol. The summed E-state index contributed by atoms with van der Waals surface area (Å²) in [6.45, 7) is 2.26. The SMILES string of the molecule is CCCCCCCCCCCCCCCCCCS(=O)(=O)[O-]. The molecule has 0 saturated carbocycles. The lowest BCUT2D eigenvalue weighted by atomic mass is 10.0. The Balaban J connectivity index is 3.03. The average molecular weight is 334 g/mol. The molecule has 22 heavy (non-hydrogen) atoms. The maximum atomic E-state index is 10.4. The molecule has 0 spiro atoms. The topological polar surface area (TPSA) is 57.2 Å². The van der Waals surface area contributed by atoms with Crippen LogP contribution in [0.1, 0.15) is 110 Å². The minimum atomic E-state index is -3.99. The predicted molar refractivity (Wildman–Crippen MR) is 94.1 cm³/mol. The third kappa shape index (κ3) is 19.9. The van der Waals surface area contributed by atoms with E-state index in [1.807, 2.05) is 0 Å². The van der Waals surface area contributed by atoms with Crippen LogP contribution in [0.15, 0.2) is 0 Å². The van der Waals surface area contributed by atoms with Gasteiger partial charge in [-0.25, -0.2) is 8.42 Å². The normalized spacial score (nSPS) is 11.9. The van der Waals surface area contributed by atoms with Crippen molar-refractivity contribution >= 4 is 10.1 Å². The summed E-state index contributed by atoms with van der Waals surface area (Å²) in [6.07, 6.45) is 20.1. The van der Waals surface area contributed by atoms with E-state index in [0.29, 0.717) is 6.42 Å². The Labute approximate surface area is 139 Å². The fourth-order valence-electron chi connectivity index (χ4n) is 2.83. The van der Waals surface area contributed by atoms with Gasteiger partial charge in [0.05, 0.1) is 10.1 Å². The van der Waals surface area contributed by atoms with Crippen LogP contribution < -0.4 is 0 Å². The van der Waals surface area contributed by atoms with E-state index in [4.69, 9.17) is 0 Å². The second-order valence-electron chi connectivity index (χ2n) is 6.57. The van der Waals surface area contributed by atoms with Gasteiger partial charge in [-0.3, -0.25) is 0 Å². The molecule has 3 nitrogen and oxygen atoms in total. The van der Waals surface area contributed by atoms with Crippen LogP contribution in [0.2, 0.25) is 0 Å². The van der Waals surface area contributed by atoms with Crippen LogP contribution >= 0.6 is 0 Å². The zero-order chi connectivity index (χ0) is 16.5. The van der Waals surface area contributed by atoms with Gasteiger partial charge in [0.15, 0.2) is 0 Å². The van der Waals surface area contributed by atoms with E-state index in [0.717, 1.165) is 12.8 Å². The fourth-order valence-corrected chi connectivity index (χ4v) is 3.38. The minimum absolute atomic E-state index is 0.189. The Morgan fingerprint density at radius 1 is 0.545 bits per heavy atom. The molecule has 0 aromatic heterocycles. The van der Waals surface area contributed by atoms with Crippen LogP contribution in [0.3, 0.4) is 0 Å². The molecule has 0 radical (unpaired) electrons. The van der Waals surface area contributed by atoms with Gasteiger partial charge in [-0.1, -0.05) is 103 Å². The lowest BCUT2D eigenvalue weighted by Gasteiger charge is -2.06. The molecular weight excluding hydrogens is 296 g/mol. The molecule has 0 atom stereocenters. The zero-order valence-corrected chi connectivity index (χ0v) is 15.5. The summed E-state index contributed by atoms with van der Waals surface area (Å²) in [5, 5.41) is 0. The van der Waals surface area contributed by atoms with Crippen molar-refractivity contribution in [3.05, 3.63) is 0 Å². The van der Waals surface area contributed by atoms with E-state index in [-0.39, 0.29) is 5.75 Å². The van der Waals surface area contributed by atoms with E-state index in [9.17, 15) is 13.0 Å². The van der Waals surface area contributed by atoms with E-state index >= 15 is 0 Å². The number of hydrogen-bond donors (Lipinski definition) is 0. The Bertz CT molecular complexity index is 312. The van der Waals surface area contributed by atoms with Crippen molar-refractivity contribution in [2.75, 3.05) is 5.75 Å². The molecule has 0 aromatic carbocycles. The first-order chi connectivity index (χ1) is 10.6. The van der Waals surface area contributed by atoms with Gasteiger partial charge in [0, 0.05) is 5.75 Å². The van der Waals surface area contributed by atoms with E-state index in [2.05, 4.69) is 6.92 Å². The van der Waals surface area contributed by atoms with Crippen molar-refractivity contribution in [3.63, 3.8) is 0 Å². The second kappa shape index (κ2) is 15.8. The molecule has 0 bridgehead atoms. The van der Waals surface area contributed by atoms with Gasteiger partial charge in [0.2, 0.25) is 0 Å². The van der Waals surface area contributed by atoms with Crippen LogP contribution in [0.25, 0.3) is 0 Å². The van der Waals surface area contributed by atoms with Gasteiger partial charge in [-0.05, 0) is 6.42 Å². The standard InChI is InChI=1S/C18H38O3S/c1-2-3-4-5-6-7-8-9-10-11-12-13-14-15-16-17-18-22(19,20)21/h2-18H2,1H3,(H,19,20,21)/p-1. The van der Waals surface area contributed by atoms with Crippen LogP contribution in [0, 0.1) is 0 Å². The molecule has 0 fully saturated rings. The first-order valence-electron chi connectivity index (χ1n) is 9.50. The molecule has 0 rings (SSSR count). The van der Waals surface area contributed by atoms with E-state index in [1.165, 1.54) is 83.5 Å². The number of unbranched alkanes of at least 4 members (excludes halogenated alkanes) is 15. The Kier molecular flexibility index (Phi) is 15.7. The van der Waals surface area contributed by atoms with E-state index in [1.54, 1.807) is 0 Å². The number of rotatable bonds is 17. The highest BCUT2D eigenvalue weighted by Gasteiger charge is 1.96. The smallest absolute Gasteiger partial charge is 0.0945 e. The molecule has 0 heterocycles. The average Bonchev–Trinajstić information content (AvgIpc) is 2.45. The highest BCUT2D eigenvalue weighted by atomic mass is 32.2. The van der Waals surface area contributed by atoms with Crippen molar-refractivity contribution in [2.45, 2.75) is 110 Å². The van der Waals surface area contributed by atoms with Crippen molar-refractivity contribution in [2.24, 2.45) is 0 Å². The quantitative estimate of drug-likeness (QED) is 0.250. The first-order valence-corrected chi connectivity index (χ1v) is 11.1. The van der Waals surface area contributed by atoms with Gasteiger partial charge in [-0.2, -0.15) is 0 Å². The molecule has 0 saturated heterocycles. The third-order valence-electron chi connectivity index (χ3n) is 4.25. The molecule has 134 valence electrons. The summed E-state index contributed by atoms with van der Waals surface area (Å²) in [6, 6.07) is 0. The molecule has 0 N–H and O–H groups in total. The summed E-state index contributed by atoms with van der Waals surface area (Å²) < 4.78 is 31.3. The lowest BCUT2D eigenvalue weighted by molar-refractivity contribution is 0.459. The summed E-state index contributed by atoms with van der Waals surface area (Å²) in [5.41, 5.74) is 0. The summed E-state index contributed by atoms with van der Waals surface area (Å²) in [7, 11) is -3.99. The summed E-state index contributed by atoms with van der Waals surface area (Å²) >= 11 is 0. The zero-order valence-electron chi connectivity index (χ0n) is 14.7. The van der Waals surface area contributed by atoms with Gasteiger partial charge in [0.25, 0.3) is 0 Å². The Hall–Kier alpha value is -0.0900. The molecule has 0 aliphatic rings. The lowest BCUT2D eigenvalue weighted by Crippen LogP contribution is -2.03. The largest absolute Gasteiger partial charge is 0.748 e. The van der Waals surface area contributed by atoms with Gasteiger partial charge < -0.3 is 4.55 Å². The Morgan fingerprint density at radius 2 is 0.818 bits per heavy atom. The van der Waals surface area contributed by atoms with Gasteiger partial charge in [0.1, 0.15) is 0 Å². The highest BCUT2D eigenvalue weighted by molar-refractivity contribution is 7.85. The first kappa shape index (κ1) is 21.9. The van der Waals surface area contributed by atoms with Crippen LogP contribution in [-0.2, 0) is 10.1 Å². The molecular formula is C18H37O3S-. The van der Waals surface area contributed by atoms with Crippen LogP contribution in [-0.4, -0.2) is 18.7 Å². The molecule has 0 amide bonds. The van der Waals surface area contributed by atoms with Crippen LogP contribution in [0.4, 0.5) is 0 Å².